The number of aromatic nitrogens is 2. The fourth-order valence-electron chi connectivity index (χ4n) is 1.53. The van der Waals surface area contributed by atoms with E-state index in [1.54, 1.807) is 11.3 Å². The van der Waals surface area contributed by atoms with Crippen LogP contribution in [0.15, 0.2) is 35.7 Å². The van der Waals surface area contributed by atoms with Crippen LogP contribution in [0.1, 0.15) is 10.4 Å². The van der Waals surface area contributed by atoms with Crippen molar-refractivity contribution in [2.75, 3.05) is 0 Å². The lowest BCUT2D eigenvalue weighted by molar-refractivity contribution is 1.20. The quantitative estimate of drug-likeness (QED) is 0.522. The largest absolute Gasteiger partial charge is 0.143 e. The summed E-state index contributed by atoms with van der Waals surface area (Å²) in [6.45, 7) is 0. The molecule has 0 aliphatic rings. The van der Waals surface area contributed by atoms with Crippen molar-refractivity contribution >= 4 is 50.2 Å². The van der Waals surface area contributed by atoms with Crippen LogP contribution in [0.4, 0.5) is 0 Å². The Balaban J connectivity index is 2.19. The van der Waals surface area contributed by atoms with Crippen molar-refractivity contribution in [2.24, 2.45) is 0 Å². The Hall–Kier alpha value is -1.17. The average molecular weight is 262 g/mol. The van der Waals surface area contributed by atoms with Crippen molar-refractivity contribution in [3.63, 3.8) is 0 Å². The Morgan fingerprint density at radius 2 is 2.12 bits per heavy atom. The van der Waals surface area contributed by atoms with Gasteiger partial charge in [0.25, 0.3) is 0 Å². The second kappa shape index (κ2) is 4.01. The molecule has 0 saturated carbocycles. The van der Waals surface area contributed by atoms with E-state index < -0.39 is 0 Å². The molecule has 78 valence electrons. The summed E-state index contributed by atoms with van der Waals surface area (Å²) in [5.74, 6) is 0. The highest BCUT2D eigenvalue weighted by molar-refractivity contribution is 7.81. The van der Waals surface area contributed by atoms with Crippen molar-refractivity contribution < 1.29 is 0 Å². The van der Waals surface area contributed by atoms with Gasteiger partial charge in [0.1, 0.15) is 5.52 Å². The minimum Gasteiger partial charge on any atom is -0.143 e. The molecular formula is C11H6N2S3. The number of hydrogen-bond acceptors (Lipinski definition) is 5. The lowest BCUT2D eigenvalue weighted by atomic mass is 10.1. The van der Waals surface area contributed by atoms with E-state index in [1.165, 1.54) is 11.5 Å². The molecule has 0 N–H and O–H groups in total. The summed E-state index contributed by atoms with van der Waals surface area (Å²) in [7, 11) is 0. The summed E-state index contributed by atoms with van der Waals surface area (Å²) >= 11 is 8.53. The fourth-order valence-corrected chi connectivity index (χ4v) is 3.17. The van der Waals surface area contributed by atoms with E-state index in [9.17, 15) is 0 Å². The van der Waals surface area contributed by atoms with Gasteiger partial charge in [-0.1, -0.05) is 34.9 Å². The van der Waals surface area contributed by atoms with Crippen molar-refractivity contribution in [3.05, 3.63) is 46.2 Å². The smallest absolute Gasteiger partial charge is 0.114 e. The van der Waals surface area contributed by atoms with Gasteiger partial charge in [-0.05, 0) is 29.0 Å². The summed E-state index contributed by atoms with van der Waals surface area (Å²) in [6.07, 6.45) is 0. The van der Waals surface area contributed by atoms with E-state index >= 15 is 0 Å². The van der Waals surface area contributed by atoms with Crippen LogP contribution in [-0.4, -0.2) is 14.5 Å². The molecule has 0 amide bonds. The van der Waals surface area contributed by atoms with Crippen molar-refractivity contribution in [2.45, 2.75) is 0 Å². The van der Waals surface area contributed by atoms with Gasteiger partial charge in [0.2, 0.25) is 0 Å². The van der Waals surface area contributed by atoms with Gasteiger partial charge in [-0.25, -0.2) is 0 Å². The molecular weight excluding hydrogens is 256 g/mol. The molecule has 5 heteroatoms. The maximum Gasteiger partial charge on any atom is 0.114 e. The van der Waals surface area contributed by atoms with Crippen LogP contribution in [-0.2, 0) is 0 Å². The summed E-state index contributed by atoms with van der Waals surface area (Å²) in [5.41, 5.74) is 1.91. The molecule has 0 fully saturated rings. The first kappa shape index (κ1) is 10.0. The molecule has 16 heavy (non-hydrogen) atoms. The molecule has 1 aromatic carbocycles. The zero-order chi connectivity index (χ0) is 11.0. The predicted molar refractivity (Wildman–Crippen MR) is 72.5 cm³/mol. The summed E-state index contributed by atoms with van der Waals surface area (Å²) < 4.78 is 5.04. The first-order chi connectivity index (χ1) is 7.86. The Bertz CT molecular complexity index is 640. The van der Waals surface area contributed by atoms with Crippen LogP contribution in [0, 0.1) is 0 Å². The zero-order valence-electron chi connectivity index (χ0n) is 8.08. The number of nitrogens with zero attached hydrogens (tertiary/aromatic N) is 2. The number of thiophene rings is 1. The van der Waals surface area contributed by atoms with E-state index in [1.807, 2.05) is 35.7 Å². The maximum absolute atomic E-state index is 5.48. The van der Waals surface area contributed by atoms with Gasteiger partial charge in [-0.15, -0.1) is 16.4 Å². The first-order valence-electron chi connectivity index (χ1n) is 4.65. The van der Waals surface area contributed by atoms with Crippen molar-refractivity contribution in [1.29, 1.82) is 0 Å². The predicted octanol–water partition coefficient (Wildman–Crippen LogP) is 3.52. The fraction of sp³-hybridized carbons (Fsp3) is 0. The van der Waals surface area contributed by atoms with Crippen LogP contribution >= 0.6 is 35.1 Å². The van der Waals surface area contributed by atoms with Crippen molar-refractivity contribution in [3.8, 4) is 0 Å². The number of rotatable bonds is 2. The van der Waals surface area contributed by atoms with Gasteiger partial charge in [-0.2, -0.15) is 0 Å². The SMILES string of the molecule is S=C(c1cccs1)c1cccc2snnc12. The molecule has 0 unspecified atom stereocenters. The highest BCUT2D eigenvalue weighted by atomic mass is 32.1. The van der Waals surface area contributed by atoms with Gasteiger partial charge in [0.05, 0.1) is 9.56 Å². The van der Waals surface area contributed by atoms with Gasteiger partial charge in [-0.3, -0.25) is 0 Å². The van der Waals surface area contributed by atoms with Crippen LogP contribution in [0.2, 0.25) is 0 Å². The highest BCUT2D eigenvalue weighted by Crippen LogP contribution is 2.24. The minimum atomic E-state index is 0.855. The van der Waals surface area contributed by atoms with E-state index in [4.69, 9.17) is 12.2 Å². The lowest BCUT2D eigenvalue weighted by Crippen LogP contribution is -1.97. The highest BCUT2D eigenvalue weighted by Gasteiger charge is 2.11. The second-order valence-corrected chi connectivity index (χ2v) is 5.37. The third kappa shape index (κ3) is 1.57. The van der Waals surface area contributed by atoms with E-state index in [0.29, 0.717) is 0 Å². The molecule has 0 radical (unpaired) electrons. The Labute approximate surface area is 106 Å². The number of thiocarbonyl (C=S) groups is 1. The number of benzene rings is 1. The van der Waals surface area contributed by atoms with Crippen LogP contribution in [0.5, 0.6) is 0 Å². The molecule has 0 atom stereocenters. The molecule has 0 spiro atoms. The molecule has 3 aromatic rings. The maximum atomic E-state index is 5.48. The molecule has 0 aliphatic carbocycles. The van der Waals surface area contributed by atoms with Crippen LogP contribution < -0.4 is 0 Å². The Morgan fingerprint density at radius 1 is 1.19 bits per heavy atom. The molecule has 0 saturated heterocycles. The summed E-state index contributed by atoms with van der Waals surface area (Å²) in [6, 6.07) is 10.1. The monoisotopic (exact) mass is 262 g/mol. The van der Waals surface area contributed by atoms with Crippen molar-refractivity contribution in [1.82, 2.24) is 9.59 Å². The Morgan fingerprint density at radius 3 is 2.94 bits per heavy atom. The molecule has 2 nitrogen and oxygen atoms in total. The average Bonchev–Trinajstić information content (AvgIpc) is 2.98. The van der Waals surface area contributed by atoms with Gasteiger partial charge >= 0.3 is 0 Å². The summed E-state index contributed by atoms with van der Waals surface area (Å²) in [4.78, 5) is 1.96. The molecule has 2 aromatic heterocycles. The number of fused-ring (bicyclic) bond motifs is 1. The van der Waals surface area contributed by atoms with Crippen LogP contribution in [0.3, 0.4) is 0 Å². The minimum absolute atomic E-state index is 0.855. The number of hydrogen-bond donors (Lipinski definition) is 0. The molecule has 3 rings (SSSR count). The topological polar surface area (TPSA) is 25.8 Å². The van der Waals surface area contributed by atoms with Gasteiger partial charge in [0.15, 0.2) is 0 Å². The first-order valence-corrected chi connectivity index (χ1v) is 6.71. The molecule has 0 bridgehead atoms. The lowest BCUT2D eigenvalue weighted by Gasteiger charge is -2.01. The standard InChI is InChI=1S/C11H6N2S3/c14-11(9-5-2-6-15-9)7-3-1-4-8-10(7)12-13-16-8/h1-6H. The third-order valence-electron chi connectivity index (χ3n) is 2.27. The van der Waals surface area contributed by atoms with E-state index in [2.05, 4.69) is 9.59 Å². The van der Waals surface area contributed by atoms with Gasteiger partial charge in [0, 0.05) is 10.4 Å². The summed E-state index contributed by atoms with van der Waals surface area (Å²) in [5, 5.41) is 6.16. The van der Waals surface area contributed by atoms with Crippen LogP contribution in [0.25, 0.3) is 10.2 Å². The van der Waals surface area contributed by atoms with Gasteiger partial charge < -0.3 is 0 Å². The molecule has 0 aliphatic heterocycles. The third-order valence-corrected chi connectivity index (χ3v) is 4.41. The Kier molecular flexibility index (Phi) is 2.51. The normalized spacial score (nSPS) is 10.8. The second-order valence-electron chi connectivity index (χ2n) is 3.23. The molecule has 2 heterocycles. The van der Waals surface area contributed by atoms with E-state index in [-0.39, 0.29) is 0 Å². The zero-order valence-corrected chi connectivity index (χ0v) is 10.5. The van der Waals surface area contributed by atoms with E-state index in [0.717, 1.165) is 25.5 Å².